The van der Waals surface area contributed by atoms with Crippen molar-refractivity contribution in [1.82, 2.24) is 4.90 Å². The number of sulfonamides is 1. The smallest absolute Gasteiger partial charge is 0.362 e. The molecule has 5 nitrogen and oxygen atoms in total. The maximum atomic E-state index is 14.0. The van der Waals surface area contributed by atoms with Gasteiger partial charge in [-0.15, -0.1) is 0 Å². The van der Waals surface area contributed by atoms with E-state index in [0.29, 0.717) is 30.4 Å². The minimum absolute atomic E-state index is 0.0162. The maximum Gasteiger partial charge on any atom is 0.416 e. The van der Waals surface area contributed by atoms with Gasteiger partial charge < -0.3 is 4.90 Å². The van der Waals surface area contributed by atoms with Gasteiger partial charge in [-0.05, 0) is 59.8 Å². The summed E-state index contributed by atoms with van der Waals surface area (Å²) in [7, 11) is -4.42. The van der Waals surface area contributed by atoms with Crippen molar-refractivity contribution < 1.29 is 30.4 Å². The van der Waals surface area contributed by atoms with Gasteiger partial charge in [0.05, 0.1) is 34.4 Å². The van der Waals surface area contributed by atoms with Crippen molar-refractivity contribution in [2.75, 3.05) is 53.9 Å². The Morgan fingerprint density at radius 1 is 0.897 bits per heavy atom. The molecular formula is C27H26F5N3O2S2. The van der Waals surface area contributed by atoms with Gasteiger partial charge in [0.15, 0.2) is 0 Å². The predicted molar refractivity (Wildman–Crippen MR) is 144 cm³/mol. The number of halogens is 5. The number of fused-ring (bicyclic) bond motifs is 3. The van der Waals surface area contributed by atoms with E-state index in [1.807, 2.05) is 6.26 Å². The SMILES string of the molecule is CSCCN1CCN2c3ccc(-c4cc(F)cc(F)c4)cc3N(S(=O)(=O)c3cccc(C(F)(F)F)c3)CC2C1. The second kappa shape index (κ2) is 10.6. The highest BCUT2D eigenvalue weighted by atomic mass is 32.2. The van der Waals surface area contributed by atoms with Gasteiger partial charge in [0, 0.05) is 38.0 Å². The number of rotatable bonds is 6. The average molecular weight is 584 g/mol. The summed E-state index contributed by atoms with van der Waals surface area (Å²) in [5.41, 5.74) is 0.395. The zero-order valence-electron chi connectivity index (χ0n) is 21.0. The van der Waals surface area contributed by atoms with Crippen LogP contribution in [0.25, 0.3) is 11.1 Å². The lowest BCUT2D eigenvalue weighted by atomic mass is 10.00. The van der Waals surface area contributed by atoms with Crippen LogP contribution in [0.4, 0.5) is 33.3 Å². The zero-order chi connectivity index (χ0) is 27.9. The molecule has 0 aromatic heterocycles. The van der Waals surface area contributed by atoms with Gasteiger partial charge >= 0.3 is 6.18 Å². The third kappa shape index (κ3) is 5.59. The van der Waals surface area contributed by atoms with Gasteiger partial charge in [0.1, 0.15) is 11.6 Å². The van der Waals surface area contributed by atoms with Crippen LogP contribution in [0.5, 0.6) is 0 Å². The van der Waals surface area contributed by atoms with Crippen LogP contribution < -0.4 is 9.21 Å². The molecule has 0 aliphatic carbocycles. The first-order valence-electron chi connectivity index (χ1n) is 12.3. The van der Waals surface area contributed by atoms with Gasteiger partial charge in [-0.25, -0.2) is 17.2 Å². The van der Waals surface area contributed by atoms with Crippen molar-refractivity contribution in [3.8, 4) is 11.1 Å². The Morgan fingerprint density at radius 3 is 2.33 bits per heavy atom. The number of benzene rings is 3. The van der Waals surface area contributed by atoms with Crippen LogP contribution in [0.15, 0.2) is 65.6 Å². The van der Waals surface area contributed by atoms with Crippen molar-refractivity contribution in [3.63, 3.8) is 0 Å². The molecule has 0 bridgehead atoms. The minimum atomic E-state index is -4.71. The summed E-state index contributed by atoms with van der Waals surface area (Å²) in [4.78, 5) is 3.88. The number of anilines is 2. The highest BCUT2D eigenvalue weighted by Crippen LogP contribution is 2.43. The molecule has 1 atom stereocenters. The van der Waals surface area contributed by atoms with Crippen LogP contribution in [0.3, 0.4) is 0 Å². The van der Waals surface area contributed by atoms with E-state index in [9.17, 15) is 30.4 Å². The van der Waals surface area contributed by atoms with E-state index in [1.165, 1.54) is 6.07 Å². The maximum absolute atomic E-state index is 14.0. The molecule has 208 valence electrons. The van der Waals surface area contributed by atoms with Gasteiger partial charge in [0.25, 0.3) is 10.0 Å². The molecule has 12 heteroatoms. The van der Waals surface area contributed by atoms with Crippen molar-refractivity contribution >= 4 is 33.2 Å². The molecule has 5 rings (SSSR count). The summed E-state index contributed by atoms with van der Waals surface area (Å²) < 4.78 is 97.2. The number of hydrogen-bond donors (Lipinski definition) is 0. The Morgan fingerprint density at radius 2 is 1.64 bits per heavy atom. The van der Waals surface area contributed by atoms with E-state index in [2.05, 4.69) is 9.80 Å². The molecule has 0 radical (unpaired) electrons. The lowest BCUT2D eigenvalue weighted by Gasteiger charge is -2.49. The second-order valence-electron chi connectivity index (χ2n) is 9.56. The van der Waals surface area contributed by atoms with Gasteiger partial charge in [-0.3, -0.25) is 9.21 Å². The molecular weight excluding hydrogens is 557 g/mol. The largest absolute Gasteiger partial charge is 0.416 e. The number of hydrogen-bond acceptors (Lipinski definition) is 5. The molecule has 0 saturated carbocycles. The molecule has 2 heterocycles. The normalized spacial score (nSPS) is 18.2. The van der Waals surface area contributed by atoms with E-state index in [-0.39, 0.29) is 23.8 Å². The summed E-state index contributed by atoms with van der Waals surface area (Å²) in [6.45, 7) is 2.85. The van der Waals surface area contributed by atoms with Gasteiger partial charge in [-0.1, -0.05) is 12.1 Å². The van der Waals surface area contributed by atoms with Crippen molar-refractivity contribution in [3.05, 3.63) is 77.9 Å². The summed E-state index contributed by atoms with van der Waals surface area (Å²) >= 11 is 1.71. The molecule has 1 fully saturated rings. The molecule has 3 aromatic carbocycles. The highest BCUT2D eigenvalue weighted by molar-refractivity contribution is 7.98. The monoisotopic (exact) mass is 583 g/mol. The molecule has 39 heavy (non-hydrogen) atoms. The van der Waals surface area contributed by atoms with Crippen LogP contribution in [-0.2, 0) is 16.2 Å². The molecule has 2 aliphatic rings. The van der Waals surface area contributed by atoms with Crippen LogP contribution in [0.2, 0.25) is 0 Å². The third-order valence-electron chi connectivity index (χ3n) is 7.05. The molecule has 0 amide bonds. The molecule has 2 aliphatic heterocycles. The van der Waals surface area contributed by atoms with Gasteiger partial charge in [-0.2, -0.15) is 24.9 Å². The van der Waals surface area contributed by atoms with Crippen molar-refractivity contribution in [2.24, 2.45) is 0 Å². The van der Waals surface area contributed by atoms with Crippen LogP contribution in [0.1, 0.15) is 5.56 Å². The first kappa shape index (κ1) is 27.7. The Kier molecular flexibility index (Phi) is 7.55. The highest BCUT2D eigenvalue weighted by Gasteiger charge is 2.41. The number of thioether (sulfide) groups is 1. The quantitative estimate of drug-likeness (QED) is 0.348. The third-order valence-corrected chi connectivity index (χ3v) is 9.42. The fourth-order valence-electron chi connectivity index (χ4n) is 5.16. The topological polar surface area (TPSA) is 43.9 Å². The molecule has 1 unspecified atom stereocenters. The summed E-state index contributed by atoms with van der Waals surface area (Å²) in [6.07, 6.45) is -2.70. The fourth-order valence-corrected chi connectivity index (χ4v) is 7.16. The number of nitrogens with zero attached hydrogens (tertiary/aromatic N) is 3. The Bertz CT molecular complexity index is 1460. The van der Waals surface area contributed by atoms with E-state index in [1.54, 1.807) is 23.9 Å². The number of piperazine rings is 1. The van der Waals surface area contributed by atoms with Crippen molar-refractivity contribution in [1.29, 1.82) is 0 Å². The summed E-state index contributed by atoms with van der Waals surface area (Å²) in [5, 5.41) is 0. The van der Waals surface area contributed by atoms with Crippen LogP contribution in [0, 0.1) is 11.6 Å². The lowest BCUT2D eigenvalue weighted by molar-refractivity contribution is -0.137. The standard InChI is InChI=1S/C27H26F5N3O2S2/c1-38-10-9-33-7-8-34-23(16-33)17-35(39(36,37)24-4-2-3-20(14-24)27(30,31)32)26-13-18(5-6-25(26)34)19-11-21(28)15-22(29)12-19/h2-6,11-15,23H,7-10,16-17H2,1H3. The molecule has 1 saturated heterocycles. The Labute approximate surface area is 228 Å². The Hall–Kier alpha value is -2.83. The predicted octanol–water partition coefficient (Wildman–Crippen LogP) is 5.71. The van der Waals surface area contributed by atoms with E-state index < -0.39 is 38.3 Å². The molecule has 0 spiro atoms. The van der Waals surface area contributed by atoms with E-state index in [4.69, 9.17) is 0 Å². The first-order chi connectivity index (χ1) is 18.5. The van der Waals surface area contributed by atoms with Crippen LogP contribution >= 0.6 is 11.8 Å². The number of alkyl halides is 3. The average Bonchev–Trinajstić information content (AvgIpc) is 2.90. The first-order valence-corrected chi connectivity index (χ1v) is 15.1. The van der Waals surface area contributed by atoms with E-state index >= 15 is 0 Å². The summed E-state index contributed by atoms with van der Waals surface area (Å²) in [6, 6.07) is 11.4. The second-order valence-corrected chi connectivity index (χ2v) is 12.4. The zero-order valence-corrected chi connectivity index (χ0v) is 22.6. The minimum Gasteiger partial charge on any atom is -0.362 e. The summed E-state index contributed by atoms with van der Waals surface area (Å²) in [5.74, 6) is -0.640. The lowest BCUT2D eigenvalue weighted by Crippen LogP contribution is -2.60. The molecule has 0 N–H and O–H groups in total. The van der Waals surface area contributed by atoms with Gasteiger partial charge in [0.2, 0.25) is 0 Å². The Balaban J connectivity index is 1.61. The van der Waals surface area contributed by atoms with Crippen LogP contribution in [-0.4, -0.2) is 64.1 Å². The molecule has 3 aromatic rings. The van der Waals surface area contributed by atoms with E-state index in [0.717, 1.165) is 59.5 Å². The van der Waals surface area contributed by atoms with Crippen molar-refractivity contribution in [2.45, 2.75) is 17.1 Å². The fraction of sp³-hybridized carbons (Fsp3) is 0.333.